The quantitative estimate of drug-likeness (QED) is 0.485. The first-order valence-electron chi connectivity index (χ1n) is 5.05. The Morgan fingerprint density at radius 3 is 2.79 bits per heavy atom. The van der Waals surface area contributed by atoms with Crippen molar-refractivity contribution in [3.05, 3.63) is 42.1 Å². The molecule has 0 unspecified atom stereocenters. The molecule has 0 saturated carbocycles. The number of nitrogens with one attached hydrogen (secondary N) is 3. The lowest BCUT2D eigenvalue weighted by Crippen LogP contribution is -2.19. The molecule has 1 heterocycles. The summed E-state index contributed by atoms with van der Waals surface area (Å²) in [6.07, 6.45) is 2.34. The van der Waals surface area contributed by atoms with Gasteiger partial charge in [-0.1, -0.05) is 0 Å². The molecule has 1 aromatic carbocycles. The van der Waals surface area contributed by atoms with Crippen molar-refractivity contribution in [2.75, 3.05) is 4.72 Å². The zero-order valence-corrected chi connectivity index (χ0v) is 10.3. The second-order valence-electron chi connectivity index (χ2n) is 3.62. The number of nitrogen functional groups attached to an aromatic ring is 1. The molecule has 9 heteroatoms. The van der Waals surface area contributed by atoms with E-state index >= 15 is 0 Å². The van der Waals surface area contributed by atoms with E-state index in [4.69, 9.17) is 11.1 Å². The van der Waals surface area contributed by atoms with Crippen molar-refractivity contribution in [1.82, 2.24) is 9.97 Å². The predicted molar refractivity (Wildman–Crippen MR) is 66.8 cm³/mol. The van der Waals surface area contributed by atoms with Crippen LogP contribution < -0.4 is 10.5 Å². The summed E-state index contributed by atoms with van der Waals surface area (Å²) in [7, 11) is -3.88. The lowest BCUT2D eigenvalue weighted by atomic mass is 10.1. The largest absolute Gasteiger partial charge is 0.384 e. The SMILES string of the molecule is N=C(N)c1cc(F)ccc1NS(=O)(=O)c1cnc[nH]1. The van der Waals surface area contributed by atoms with Crippen LogP contribution in [0.5, 0.6) is 0 Å². The van der Waals surface area contributed by atoms with E-state index in [1.165, 1.54) is 12.4 Å². The fourth-order valence-corrected chi connectivity index (χ4v) is 2.40. The molecule has 1 aromatic heterocycles. The van der Waals surface area contributed by atoms with Crippen molar-refractivity contribution in [1.29, 1.82) is 5.41 Å². The van der Waals surface area contributed by atoms with E-state index in [0.717, 1.165) is 18.3 Å². The van der Waals surface area contributed by atoms with Crippen molar-refractivity contribution in [3.8, 4) is 0 Å². The Morgan fingerprint density at radius 1 is 1.47 bits per heavy atom. The van der Waals surface area contributed by atoms with Gasteiger partial charge in [-0.25, -0.2) is 9.37 Å². The van der Waals surface area contributed by atoms with Crippen molar-refractivity contribution in [3.63, 3.8) is 0 Å². The summed E-state index contributed by atoms with van der Waals surface area (Å²) in [6, 6.07) is 3.24. The third-order valence-electron chi connectivity index (χ3n) is 2.28. The maximum atomic E-state index is 13.1. The first-order chi connectivity index (χ1) is 8.90. The molecule has 0 aliphatic rings. The van der Waals surface area contributed by atoms with E-state index < -0.39 is 21.7 Å². The smallest absolute Gasteiger partial charge is 0.278 e. The highest BCUT2D eigenvalue weighted by Crippen LogP contribution is 2.20. The molecule has 100 valence electrons. The molecular weight excluding hydrogens is 273 g/mol. The third kappa shape index (κ3) is 2.71. The number of amidine groups is 1. The number of aromatic nitrogens is 2. The van der Waals surface area contributed by atoms with Gasteiger partial charge in [0.2, 0.25) is 0 Å². The number of H-pyrrole nitrogens is 1. The zero-order chi connectivity index (χ0) is 14.0. The Morgan fingerprint density at radius 2 is 2.21 bits per heavy atom. The number of benzene rings is 1. The molecule has 0 bridgehead atoms. The molecule has 0 amide bonds. The van der Waals surface area contributed by atoms with Crippen LogP contribution in [0, 0.1) is 11.2 Å². The summed E-state index contributed by atoms with van der Waals surface area (Å²) in [4.78, 5) is 6.04. The van der Waals surface area contributed by atoms with E-state index in [0.29, 0.717) is 0 Å². The number of rotatable bonds is 4. The monoisotopic (exact) mass is 283 g/mol. The van der Waals surface area contributed by atoms with Gasteiger partial charge in [0.25, 0.3) is 10.0 Å². The van der Waals surface area contributed by atoms with Gasteiger partial charge >= 0.3 is 0 Å². The Balaban J connectivity index is 2.42. The second kappa shape index (κ2) is 4.69. The fraction of sp³-hybridized carbons (Fsp3) is 0. The molecule has 5 N–H and O–H groups in total. The normalized spacial score (nSPS) is 11.2. The molecule has 2 aromatic rings. The van der Waals surface area contributed by atoms with Crippen LogP contribution in [-0.2, 0) is 10.0 Å². The minimum absolute atomic E-state index is 0.0171. The number of hydrogen-bond donors (Lipinski definition) is 4. The summed E-state index contributed by atoms with van der Waals surface area (Å²) < 4.78 is 39.1. The van der Waals surface area contributed by atoms with Gasteiger partial charge in [-0.05, 0) is 18.2 Å². The van der Waals surface area contributed by atoms with Gasteiger partial charge in [-0.15, -0.1) is 0 Å². The van der Waals surface area contributed by atoms with E-state index in [9.17, 15) is 12.8 Å². The summed E-state index contributed by atoms with van der Waals surface area (Å²) >= 11 is 0. The first-order valence-corrected chi connectivity index (χ1v) is 6.53. The molecule has 0 aliphatic heterocycles. The van der Waals surface area contributed by atoms with Crippen LogP contribution in [0.25, 0.3) is 0 Å². The molecule has 19 heavy (non-hydrogen) atoms. The van der Waals surface area contributed by atoms with Crippen LogP contribution in [0.3, 0.4) is 0 Å². The minimum Gasteiger partial charge on any atom is -0.384 e. The highest BCUT2D eigenvalue weighted by atomic mass is 32.2. The lowest BCUT2D eigenvalue weighted by Gasteiger charge is -2.10. The fourth-order valence-electron chi connectivity index (χ4n) is 1.42. The van der Waals surface area contributed by atoms with Crippen LogP contribution in [0.2, 0.25) is 0 Å². The minimum atomic E-state index is -3.88. The Kier molecular flexibility index (Phi) is 3.21. The standard InChI is InChI=1S/C10H10FN5O2S/c11-6-1-2-8(7(3-6)10(12)13)16-19(17,18)9-4-14-5-15-9/h1-5,16H,(H3,12,13)(H,14,15). The summed E-state index contributed by atoms with van der Waals surface area (Å²) in [6.45, 7) is 0. The highest BCUT2D eigenvalue weighted by molar-refractivity contribution is 7.92. The van der Waals surface area contributed by atoms with Gasteiger partial charge in [0, 0.05) is 5.56 Å². The zero-order valence-electron chi connectivity index (χ0n) is 9.51. The molecule has 0 aliphatic carbocycles. The molecule has 7 nitrogen and oxygen atoms in total. The number of aromatic amines is 1. The van der Waals surface area contributed by atoms with Gasteiger partial charge in [-0.2, -0.15) is 8.42 Å². The van der Waals surface area contributed by atoms with Crippen LogP contribution in [0.1, 0.15) is 5.56 Å². The number of nitrogens with zero attached hydrogens (tertiary/aromatic N) is 1. The average Bonchev–Trinajstić information content (AvgIpc) is 2.85. The molecule has 2 rings (SSSR count). The van der Waals surface area contributed by atoms with Crippen molar-refractivity contribution < 1.29 is 12.8 Å². The van der Waals surface area contributed by atoms with Crippen LogP contribution in [-0.4, -0.2) is 24.2 Å². The lowest BCUT2D eigenvalue weighted by molar-refractivity contribution is 0.598. The number of hydrogen-bond acceptors (Lipinski definition) is 4. The number of anilines is 1. The van der Waals surface area contributed by atoms with Gasteiger partial charge in [0.05, 0.1) is 18.2 Å². The van der Waals surface area contributed by atoms with Crippen LogP contribution >= 0.6 is 0 Å². The van der Waals surface area contributed by atoms with Crippen molar-refractivity contribution in [2.45, 2.75) is 5.03 Å². The number of sulfonamides is 1. The highest BCUT2D eigenvalue weighted by Gasteiger charge is 2.18. The molecule has 0 atom stereocenters. The van der Waals surface area contributed by atoms with Gasteiger partial charge < -0.3 is 10.7 Å². The van der Waals surface area contributed by atoms with Crippen LogP contribution in [0.4, 0.5) is 10.1 Å². The van der Waals surface area contributed by atoms with E-state index in [2.05, 4.69) is 14.7 Å². The van der Waals surface area contributed by atoms with Gasteiger partial charge in [0.15, 0.2) is 5.03 Å². The van der Waals surface area contributed by atoms with Crippen molar-refractivity contribution in [2.24, 2.45) is 5.73 Å². The second-order valence-corrected chi connectivity index (χ2v) is 5.28. The Labute approximate surface area is 108 Å². The number of nitrogens with two attached hydrogens (primary N) is 1. The molecule has 0 spiro atoms. The maximum absolute atomic E-state index is 13.1. The van der Waals surface area contributed by atoms with Crippen molar-refractivity contribution >= 4 is 21.5 Å². The topological polar surface area (TPSA) is 125 Å². The third-order valence-corrected chi connectivity index (χ3v) is 3.57. The average molecular weight is 283 g/mol. The number of halogens is 1. The van der Waals surface area contributed by atoms with Gasteiger partial charge in [0.1, 0.15) is 11.7 Å². The molecule has 0 fully saturated rings. The molecular formula is C10H10FN5O2S. The summed E-state index contributed by atoms with van der Waals surface area (Å²) in [5.74, 6) is -1.06. The number of imidazole rings is 1. The summed E-state index contributed by atoms with van der Waals surface area (Å²) in [5, 5.41) is 7.16. The maximum Gasteiger partial charge on any atom is 0.278 e. The molecule has 0 radical (unpaired) electrons. The first kappa shape index (κ1) is 13.0. The van der Waals surface area contributed by atoms with Crippen LogP contribution in [0.15, 0.2) is 35.7 Å². The van der Waals surface area contributed by atoms with E-state index in [-0.39, 0.29) is 16.3 Å². The van der Waals surface area contributed by atoms with E-state index in [1.54, 1.807) is 0 Å². The predicted octanol–water partition coefficient (Wildman–Crippen LogP) is 0.634. The van der Waals surface area contributed by atoms with Gasteiger partial charge in [-0.3, -0.25) is 10.1 Å². The Hall–Kier alpha value is -2.42. The summed E-state index contributed by atoms with van der Waals surface area (Å²) in [5.41, 5.74) is 5.26. The Bertz CT molecular complexity index is 712. The van der Waals surface area contributed by atoms with E-state index in [1.807, 2.05) is 0 Å². The molecule has 0 saturated heterocycles.